The highest BCUT2D eigenvalue weighted by atomic mass is 127. The Morgan fingerprint density at radius 3 is 2.63 bits per heavy atom. The highest BCUT2D eigenvalue weighted by molar-refractivity contribution is 14.0. The average Bonchev–Trinajstić information content (AvgIpc) is 3.29. The first-order valence-corrected chi connectivity index (χ1v) is 9.45. The molecule has 2 aromatic rings. The third-order valence-electron chi connectivity index (χ3n) is 5.43. The minimum absolute atomic E-state index is 0. The molecule has 2 unspecified atom stereocenters. The number of hydrogen-bond acceptors (Lipinski definition) is 4. The summed E-state index contributed by atoms with van der Waals surface area (Å²) in [6.45, 7) is 5.88. The molecule has 1 aromatic carbocycles. The van der Waals surface area contributed by atoms with E-state index in [-0.39, 0.29) is 24.0 Å². The largest absolute Gasteiger partial charge is 0.364 e. The van der Waals surface area contributed by atoms with Crippen LogP contribution in [0.25, 0.3) is 0 Å². The highest BCUT2D eigenvalue weighted by Gasteiger charge is 2.38. The fourth-order valence-electron chi connectivity index (χ4n) is 3.80. The number of aromatic nitrogens is 1. The number of guanidine groups is 1. The predicted octanol–water partition coefficient (Wildman–Crippen LogP) is 2.79. The second-order valence-corrected chi connectivity index (χ2v) is 7.20. The van der Waals surface area contributed by atoms with Crippen molar-refractivity contribution in [2.24, 2.45) is 10.9 Å². The van der Waals surface area contributed by atoms with Gasteiger partial charge in [-0.15, -0.1) is 24.0 Å². The van der Waals surface area contributed by atoms with Crippen LogP contribution < -0.4 is 5.32 Å². The number of halogens is 1. The second-order valence-electron chi connectivity index (χ2n) is 7.20. The van der Waals surface area contributed by atoms with Crippen LogP contribution in [0.2, 0.25) is 0 Å². The van der Waals surface area contributed by atoms with Gasteiger partial charge in [-0.05, 0) is 23.8 Å². The van der Waals surface area contributed by atoms with Gasteiger partial charge < -0.3 is 14.7 Å². The molecule has 1 N–H and O–H groups in total. The molecule has 2 heterocycles. The number of nitrogens with zero attached hydrogens (tertiary/aromatic N) is 4. The fourth-order valence-corrected chi connectivity index (χ4v) is 3.80. The summed E-state index contributed by atoms with van der Waals surface area (Å²) in [6, 6.07) is 12.8. The summed E-state index contributed by atoms with van der Waals surface area (Å²) < 4.78 is 4.92. The Balaban J connectivity index is 0.00000210. The molecule has 1 saturated carbocycles. The summed E-state index contributed by atoms with van der Waals surface area (Å²) in [4.78, 5) is 9.27. The smallest absolute Gasteiger partial charge is 0.193 e. The van der Waals surface area contributed by atoms with Crippen molar-refractivity contribution in [1.82, 2.24) is 20.3 Å². The first-order valence-electron chi connectivity index (χ1n) is 9.45. The van der Waals surface area contributed by atoms with Crippen molar-refractivity contribution in [2.75, 3.05) is 39.8 Å². The van der Waals surface area contributed by atoms with E-state index in [9.17, 15) is 0 Å². The number of rotatable bonds is 5. The SMILES string of the molecule is CN=C(NCC1CC1c1ccccc1)N1CCN(Cc2ccon2)CC1.I. The lowest BCUT2D eigenvalue weighted by molar-refractivity contribution is 0.169. The quantitative estimate of drug-likeness (QED) is 0.405. The topological polar surface area (TPSA) is 56.9 Å². The van der Waals surface area contributed by atoms with Gasteiger partial charge in [-0.2, -0.15) is 0 Å². The molecule has 6 nitrogen and oxygen atoms in total. The number of nitrogens with one attached hydrogen (secondary N) is 1. The van der Waals surface area contributed by atoms with Gasteiger partial charge in [0.2, 0.25) is 0 Å². The Labute approximate surface area is 178 Å². The van der Waals surface area contributed by atoms with E-state index in [4.69, 9.17) is 4.52 Å². The Morgan fingerprint density at radius 2 is 1.96 bits per heavy atom. The van der Waals surface area contributed by atoms with Crippen LogP contribution in [0, 0.1) is 5.92 Å². The van der Waals surface area contributed by atoms with Crippen LogP contribution in [-0.2, 0) is 6.54 Å². The molecule has 1 aromatic heterocycles. The molecule has 2 fully saturated rings. The zero-order chi connectivity index (χ0) is 17.8. The van der Waals surface area contributed by atoms with Crippen molar-refractivity contribution in [1.29, 1.82) is 0 Å². The number of piperazine rings is 1. The van der Waals surface area contributed by atoms with Crippen LogP contribution in [0.15, 0.2) is 52.2 Å². The highest BCUT2D eigenvalue weighted by Crippen LogP contribution is 2.46. The number of aliphatic imine (C=N–C) groups is 1. The molecule has 27 heavy (non-hydrogen) atoms. The molecule has 4 rings (SSSR count). The van der Waals surface area contributed by atoms with Gasteiger partial charge in [-0.25, -0.2) is 0 Å². The standard InChI is InChI=1S/C20H27N5O.HI/c1-21-20(22-14-17-13-19(17)16-5-3-2-4-6-16)25-10-8-24(9-11-25)15-18-7-12-26-23-18;/h2-7,12,17,19H,8-11,13-15H2,1H3,(H,21,22);1H. The molecule has 0 bridgehead atoms. The first kappa shape index (κ1) is 20.1. The molecule has 7 heteroatoms. The van der Waals surface area contributed by atoms with Gasteiger partial charge in [-0.3, -0.25) is 9.89 Å². The third kappa shape index (κ3) is 5.22. The lowest BCUT2D eigenvalue weighted by atomic mass is 10.1. The summed E-state index contributed by atoms with van der Waals surface area (Å²) in [5.41, 5.74) is 2.47. The Kier molecular flexibility index (Phi) is 7.12. The molecule has 0 spiro atoms. The van der Waals surface area contributed by atoms with Gasteiger partial charge in [0.1, 0.15) is 6.26 Å². The van der Waals surface area contributed by atoms with Gasteiger partial charge in [0.05, 0.1) is 5.69 Å². The average molecular weight is 481 g/mol. The number of benzene rings is 1. The molecule has 1 aliphatic heterocycles. The van der Waals surface area contributed by atoms with E-state index in [2.05, 4.69) is 55.6 Å². The Bertz CT molecular complexity index is 713. The summed E-state index contributed by atoms with van der Waals surface area (Å²) >= 11 is 0. The summed E-state index contributed by atoms with van der Waals surface area (Å²) in [6.07, 6.45) is 2.91. The van der Waals surface area contributed by atoms with E-state index in [1.807, 2.05) is 13.1 Å². The van der Waals surface area contributed by atoms with Crippen LogP contribution in [0.5, 0.6) is 0 Å². The fraction of sp³-hybridized carbons (Fsp3) is 0.500. The van der Waals surface area contributed by atoms with Crippen molar-refractivity contribution in [3.05, 3.63) is 53.9 Å². The van der Waals surface area contributed by atoms with Crippen LogP contribution in [0.3, 0.4) is 0 Å². The van der Waals surface area contributed by atoms with Crippen LogP contribution in [-0.4, -0.2) is 60.7 Å². The molecule has 0 radical (unpaired) electrons. The number of hydrogen-bond donors (Lipinski definition) is 1. The lowest BCUT2D eigenvalue weighted by Crippen LogP contribution is -2.52. The Hall–Kier alpha value is -1.61. The molecular formula is C20H28IN5O. The monoisotopic (exact) mass is 481 g/mol. The minimum Gasteiger partial charge on any atom is -0.364 e. The molecule has 1 saturated heterocycles. The van der Waals surface area contributed by atoms with Gasteiger partial charge >= 0.3 is 0 Å². The maximum absolute atomic E-state index is 4.92. The third-order valence-corrected chi connectivity index (χ3v) is 5.43. The summed E-state index contributed by atoms with van der Waals surface area (Å²) in [5.74, 6) is 2.47. The van der Waals surface area contributed by atoms with Crippen LogP contribution >= 0.6 is 24.0 Å². The summed E-state index contributed by atoms with van der Waals surface area (Å²) in [7, 11) is 1.88. The van der Waals surface area contributed by atoms with E-state index in [0.717, 1.165) is 56.8 Å². The lowest BCUT2D eigenvalue weighted by Gasteiger charge is -2.36. The van der Waals surface area contributed by atoms with Crippen molar-refractivity contribution < 1.29 is 4.52 Å². The zero-order valence-electron chi connectivity index (χ0n) is 15.8. The van der Waals surface area contributed by atoms with E-state index < -0.39 is 0 Å². The molecule has 1 aliphatic carbocycles. The van der Waals surface area contributed by atoms with Gasteiger partial charge in [0.25, 0.3) is 0 Å². The molecule has 2 atom stereocenters. The van der Waals surface area contributed by atoms with E-state index >= 15 is 0 Å². The zero-order valence-corrected chi connectivity index (χ0v) is 18.1. The van der Waals surface area contributed by atoms with Crippen molar-refractivity contribution >= 4 is 29.9 Å². The normalized spacial score (nSPS) is 23.0. The molecule has 0 amide bonds. The van der Waals surface area contributed by atoms with E-state index in [0.29, 0.717) is 5.92 Å². The van der Waals surface area contributed by atoms with Crippen molar-refractivity contribution in [3.63, 3.8) is 0 Å². The van der Waals surface area contributed by atoms with Crippen molar-refractivity contribution in [3.8, 4) is 0 Å². The van der Waals surface area contributed by atoms with Crippen molar-refractivity contribution in [2.45, 2.75) is 18.9 Å². The van der Waals surface area contributed by atoms with E-state index in [1.54, 1.807) is 6.26 Å². The minimum atomic E-state index is 0. The molecular weight excluding hydrogens is 453 g/mol. The Morgan fingerprint density at radius 1 is 1.19 bits per heavy atom. The van der Waals surface area contributed by atoms with Gasteiger partial charge in [0, 0.05) is 52.4 Å². The van der Waals surface area contributed by atoms with Crippen LogP contribution in [0.4, 0.5) is 0 Å². The molecule has 146 valence electrons. The predicted molar refractivity (Wildman–Crippen MR) is 117 cm³/mol. The van der Waals surface area contributed by atoms with Gasteiger partial charge in [0.15, 0.2) is 5.96 Å². The maximum Gasteiger partial charge on any atom is 0.193 e. The second kappa shape index (κ2) is 9.54. The van der Waals surface area contributed by atoms with Crippen LogP contribution in [0.1, 0.15) is 23.6 Å². The maximum atomic E-state index is 4.92. The summed E-state index contributed by atoms with van der Waals surface area (Å²) in [5, 5.41) is 7.59. The van der Waals surface area contributed by atoms with E-state index in [1.165, 1.54) is 12.0 Å². The van der Waals surface area contributed by atoms with Gasteiger partial charge in [-0.1, -0.05) is 35.5 Å². The first-order chi connectivity index (χ1) is 12.8. The molecule has 2 aliphatic rings.